The summed E-state index contributed by atoms with van der Waals surface area (Å²) in [5.41, 5.74) is 1.15. The van der Waals surface area contributed by atoms with Crippen molar-refractivity contribution < 1.29 is 19.5 Å². The summed E-state index contributed by atoms with van der Waals surface area (Å²) < 4.78 is 0. The summed E-state index contributed by atoms with van der Waals surface area (Å²) in [6.07, 6.45) is -0.0923. The first-order valence-electron chi connectivity index (χ1n) is 6.00. The largest absolute Gasteiger partial charge is 0.481 e. The van der Waals surface area contributed by atoms with Crippen LogP contribution in [-0.4, -0.2) is 46.0 Å². The molecule has 7 heteroatoms. The number of carboxylic acid groups (broad SMARTS) is 1. The van der Waals surface area contributed by atoms with E-state index in [1.165, 1.54) is 16.7 Å². The number of amides is 2. The van der Waals surface area contributed by atoms with E-state index in [1.807, 2.05) is 0 Å². The topological polar surface area (TPSA) is 86.7 Å². The predicted molar refractivity (Wildman–Crippen MR) is 75.4 cm³/mol. The molecule has 20 heavy (non-hydrogen) atoms. The van der Waals surface area contributed by atoms with Crippen LogP contribution in [-0.2, 0) is 20.8 Å². The average Bonchev–Trinajstić information content (AvgIpc) is 2.74. The summed E-state index contributed by atoms with van der Waals surface area (Å²) in [5.74, 6) is -0.293. The van der Waals surface area contributed by atoms with Crippen LogP contribution in [0.4, 0.5) is 5.69 Å². The van der Waals surface area contributed by atoms with Gasteiger partial charge in [-0.25, -0.2) is 0 Å². The first-order valence-corrected chi connectivity index (χ1v) is 7.16. The number of nitrogens with one attached hydrogen (secondary N) is 1. The zero-order valence-corrected chi connectivity index (χ0v) is 11.5. The van der Waals surface area contributed by atoms with Crippen molar-refractivity contribution in [2.75, 3.05) is 23.5 Å². The van der Waals surface area contributed by atoms with Crippen molar-refractivity contribution in [3.63, 3.8) is 0 Å². The number of carbonyl (C=O) groups is 3. The zero-order valence-electron chi connectivity index (χ0n) is 10.7. The van der Waals surface area contributed by atoms with Gasteiger partial charge in [0, 0.05) is 5.69 Å². The van der Waals surface area contributed by atoms with Gasteiger partial charge in [0.05, 0.1) is 18.1 Å². The first-order chi connectivity index (χ1) is 9.54. The minimum Gasteiger partial charge on any atom is -0.481 e. The van der Waals surface area contributed by atoms with Crippen LogP contribution < -0.4 is 5.32 Å². The third-order valence-electron chi connectivity index (χ3n) is 2.73. The molecule has 1 aliphatic heterocycles. The van der Waals surface area contributed by atoms with E-state index >= 15 is 0 Å². The number of benzene rings is 1. The van der Waals surface area contributed by atoms with Crippen LogP contribution in [0.25, 0.3) is 0 Å². The second-order valence-corrected chi connectivity index (χ2v) is 5.34. The van der Waals surface area contributed by atoms with Gasteiger partial charge in [0.2, 0.25) is 11.8 Å². The Kier molecular flexibility index (Phi) is 4.62. The number of hydrogen-bond donors (Lipinski definition) is 2. The second-order valence-electron chi connectivity index (χ2n) is 4.39. The van der Waals surface area contributed by atoms with Crippen molar-refractivity contribution in [3.8, 4) is 0 Å². The van der Waals surface area contributed by atoms with E-state index in [0.717, 1.165) is 0 Å². The number of aliphatic carboxylic acids is 1. The van der Waals surface area contributed by atoms with Crippen molar-refractivity contribution in [2.45, 2.75) is 6.42 Å². The van der Waals surface area contributed by atoms with E-state index in [0.29, 0.717) is 22.9 Å². The number of rotatable bonds is 5. The number of hydrogen-bond acceptors (Lipinski definition) is 4. The Morgan fingerprint density at radius 1 is 1.40 bits per heavy atom. The molecule has 0 saturated carbocycles. The normalized spacial score (nSPS) is 14.4. The van der Waals surface area contributed by atoms with Gasteiger partial charge in [0.1, 0.15) is 6.54 Å². The fraction of sp³-hybridized carbons (Fsp3) is 0.308. The monoisotopic (exact) mass is 294 g/mol. The van der Waals surface area contributed by atoms with Crippen molar-refractivity contribution in [2.24, 2.45) is 0 Å². The van der Waals surface area contributed by atoms with Gasteiger partial charge in [-0.1, -0.05) is 12.1 Å². The van der Waals surface area contributed by atoms with E-state index in [1.54, 1.807) is 24.3 Å². The lowest BCUT2D eigenvalue weighted by Crippen LogP contribution is -2.34. The second kappa shape index (κ2) is 6.42. The van der Waals surface area contributed by atoms with Crippen molar-refractivity contribution >= 4 is 35.2 Å². The molecule has 0 bridgehead atoms. The smallest absolute Gasteiger partial charge is 0.307 e. The van der Waals surface area contributed by atoms with Crippen LogP contribution in [0.2, 0.25) is 0 Å². The maximum absolute atomic E-state index is 11.8. The number of carbonyl (C=O) groups excluding carboxylic acids is 2. The van der Waals surface area contributed by atoms with Crippen LogP contribution in [0, 0.1) is 0 Å². The number of thioether (sulfide) groups is 1. The Bertz CT molecular complexity index is 547. The molecule has 0 unspecified atom stereocenters. The Hall–Kier alpha value is -2.02. The van der Waals surface area contributed by atoms with Crippen LogP contribution in [0.3, 0.4) is 0 Å². The van der Waals surface area contributed by atoms with Gasteiger partial charge in [0.15, 0.2) is 0 Å². The van der Waals surface area contributed by atoms with E-state index in [2.05, 4.69) is 5.32 Å². The summed E-state index contributed by atoms with van der Waals surface area (Å²) in [6, 6.07) is 6.67. The maximum Gasteiger partial charge on any atom is 0.307 e. The molecule has 0 atom stereocenters. The molecule has 0 aromatic heterocycles. The lowest BCUT2D eigenvalue weighted by molar-refractivity contribution is -0.136. The quantitative estimate of drug-likeness (QED) is 0.838. The van der Waals surface area contributed by atoms with E-state index in [9.17, 15) is 14.4 Å². The predicted octanol–water partition coefficient (Wildman–Crippen LogP) is 0.785. The molecule has 106 valence electrons. The van der Waals surface area contributed by atoms with Gasteiger partial charge in [-0.05, 0) is 17.7 Å². The number of nitrogens with zero attached hydrogens (tertiary/aromatic N) is 1. The lowest BCUT2D eigenvalue weighted by Gasteiger charge is -2.14. The van der Waals surface area contributed by atoms with Crippen LogP contribution in [0.1, 0.15) is 5.56 Å². The van der Waals surface area contributed by atoms with Crippen LogP contribution in [0.5, 0.6) is 0 Å². The minimum atomic E-state index is -0.923. The molecule has 0 radical (unpaired) electrons. The highest BCUT2D eigenvalue weighted by atomic mass is 32.2. The molecule has 1 aromatic rings. The lowest BCUT2D eigenvalue weighted by atomic mass is 10.1. The summed E-state index contributed by atoms with van der Waals surface area (Å²) in [4.78, 5) is 35.3. The van der Waals surface area contributed by atoms with Crippen molar-refractivity contribution in [1.29, 1.82) is 0 Å². The summed E-state index contributed by atoms with van der Waals surface area (Å²) >= 11 is 1.48. The summed E-state index contributed by atoms with van der Waals surface area (Å²) in [6.45, 7) is 0.0228. The zero-order chi connectivity index (χ0) is 14.5. The van der Waals surface area contributed by atoms with Crippen LogP contribution >= 0.6 is 11.8 Å². The molecule has 1 fully saturated rings. The van der Waals surface area contributed by atoms with Gasteiger partial charge in [-0.2, -0.15) is 0 Å². The fourth-order valence-corrected chi connectivity index (χ4v) is 2.75. The van der Waals surface area contributed by atoms with Crippen molar-refractivity contribution in [3.05, 3.63) is 29.8 Å². The molecule has 1 aliphatic rings. The molecule has 0 aliphatic carbocycles. The Balaban J connectivity index is 1.93. The summed E-state index contributed by atoms with van der Waals surface area (Å²) in [7, 11) is 0. The van der Waals surface area contributed by atoms with Crippen molar-refractivity contribution in [1.82, 2.24) is 4.90 Å². The highest BCUT2D eigenvalue weighted by Crippen LogP contribution is 2.15. The van der Waals surface area contributed by atoms with E-state index in [-0.39, 0.29) is 24.8 Å². The fourth-order valence-electron chi connectivity index (χ4n) is 1.85. The molecular weight excluding hydrogens is 280 g/mol. The Morgan fingerprint density at radius 2 is 2.20 bits per heavy atom. The Labute approximate surface area is 120 Å². The van der Waals surface area contributed by atoms with E-state index in [4.69, 9.17) is 5.11 Å². The number of anilines is 1. The molecule has 2 rings (SSSR count). The molecule has 1 aromatic carbocycles. The average molecular weight is 294 g/mol. The number of carboxylic acids is 1. The molecule has 2 amide bonds. The Morgan fingerprint density at radius 3 is 2.85 bits per heavy atom. The standard InChI is InChI=1S/C13H14N2O4S/c16-11(6-15-8-20-7-12(15)17)14-10-3-1-2-9(4-10)5-13(18)19/h1-4H,5-8H2,(H,14,16)(H,18,19). The highest BCUT2D eigenvalue weighted by molar-refractivity contribution is 8.00. The van der Waals surface area contributed by atoms with Gasteiger partial charge in [0.25, 0.3) is 0 Å². The maximum atomic E-state index is 11.8. The molecule has 2 N–H and O–H groups in total. The van der Waals surface area contributed by atoms with Gasteiger partial charge < -0.3 is 15.3 Å². The summed E-state index contributed by atoms with van der Waals surface area (Å²) in [5, 5.41) is 11.4. The SMILES string of the molecule is O=C(O)Cc1cccc(NC(=O)CN2CSCC2=O)c1. The van der Waals surface area contributed by atoms with Crippen LogP contribution in [0.15, 0.2) is 24.3 Å². The molecule has 6 nitrogen and oxygen atoms in total. The first kappa shape index (κ1) is 14.4. The molecule has 1 saturated heterocycles. The molecular formula is C13H14N2O4S. The van der Waals surface area contributed by atoms with Gasteiger partial charge in [-0.3, -0.25) is 14.4 Å². The van der Waals surface area contributed by atoms with Gasteiger partial charge >= 0.3 is 5.97 Å². The minimum absolute atomic E-state index is 0.0228. The third kappa shape index (κ3) is 3.99. The van der Waals surface area contributed by atoms with Gasteiger partial charge in [-0.15, -0.1) is 11.8 Å². The third-order valence-corrected chi connectivity index (χ3v) is 3.67. The van der Waals surface area contributed by atoms with E-state index < -0.39 is 5.97 Å². The highest BCUT2D eigenvalue weighted by Gasteiger charge is 2.22. The molecule has 0 spiro atoms. The molecule has 1 heterocycles.